The number of nitrogens with one attached hydrogen (secondary N) is 1. The Morgan fingerprint density at radius 3 is 2.75 bits per heavy atom. The van der Waals surface area contributed by atoms with Crippen molar-refractivity contribution in [2.45, 2.75) is 17.7 Å². The highest BCUT2D eigenvalue weighted by Crippen LogP contribution is 2.23. The maximum absolute atomic E-state index is 12.6. The summed E-state index contributed by atoms with van der Waals surface area (Å²) in [5.41, 5.74) is 1.04. The van der Waals surface area contributed by atoms with E-state index in [0.29, 0.717) is 43.7 Å². The van der Waals surface area contributed by atoms with E-state index in [1.165, 1.54) is 25.9 Å². The van der Waals surface area contributed by atoms with Crippen molar-refractivity contribution in [1.29, 1.82) is 0 Å². The third-order valence-electron chi connectivity index (χ3n) is 4.90. The fraction of sp³-hybridized carbons (Fsp3) is 0.438. The molecule has 1 aliphatic rings. The number of aromatic nitrogens is 6. The zero-order valence-corrected chi connectivity index (χ0v) is 16.1. The van der Waals surface area contributed by atoms with Crippen LogP contribution in [0.25, 0.3) is 5.65 Å². The van der Waals surface area contributed by atoms with Gasteiger partial charge in [0.25, 0.3) is 5.91 Å². The van der Waals surface area contributed by atoms with E-state index in [1.807, 2.05) is 0 Å². The van der Waals surface area contributed by atoms with E-state index >= 15 is 0 Å². The second-order valence-electron chi connectivity index (χ2n) is 6.81. The Bertz CT molecular complexity index is 1100. The topological polar surface area (TPSA) is 127 Å². The lowest BCUT2D eigenvalue weighted by Crippen LogP contribution is -2.41. The van der Waals surface area contributed by atoms with Crippen LogP contribution >= 0.6 is 0 Å². The van der Waals surface area contributed by atoms with Gasteiger partial charge in [0.05, 0.1) is 11.8 Å². The molecule has 11 nitrogen and oxygen atoms in total. The SMILES string of the molecule is Cn1cc(S(=O)(=O)N2CCC(CNC(=O)c3ccc4nnnn4c3)CC2)cn1. The van der Waals surface area contributed by atoms with Gasteiger partial charge < -0.3 is 5.32 Å². The Hall–Kier alpha value is -2.86. The van der Waals surface area contributed by atoms with Crippen LogP contribution in [0.1, 0.15) is 23.2 Å². The average Bonchev–Trinajstić information content (AvgIpc) is 3.34. The van der Waals surface area contributed by atoms with Crippen LogP contribution in [0.2, 0.25) is 0 Å². The van der Waals surface area contributed by atoms with Gasteiger partial charge in [-0.1, -0.05) is 0 Å². The number of hydrogen-bond acceptors (Lipinski definition) is 7. The zero-order valence-electron chi connectivity index (χ0n) is 15.3. The van der Waals surface area contributed by atoms with Crippen molar-refractivity contribution in [3.63, 3.8) is 0 Å². The maximum Gasteiger partial charge on any atom is 0.252 e. The van der Waals surface area contributed by atoms with Crippen LogP contribution in [0.5, 0.6) is 0 Å². The maximum atomic E-state index is 12.6. The number of tetrazole rings is 1. The highest BCUT2D eigenvalue weighted by molar-refractivity contribution is 7.89. The van der Waals surface area contributed by atoms with Gasteiger partial charge in [0.15, 0.2) is 5.65 Å². The molecule has 28 heavy (non-hydrogen) atoms. The minimum Gasteiger partial charge on any atom is -0.352 e. The summed E-state index contributed by atoms with van der Waals surface area (Å²) in [4.78, 5) is 12.6. The normalized spacial score (nSPS) is 16.5. The fourth-order valence-corrected chi connectivity index (χ4v) is 4.71. The van der Waals surface area contributed by atoms with Crippen molar-refractivity contribution in [1.82, 2.24) is 39.4 Å². The number of amides is 1. The number of piperidine rings is 1. The van der Waals surface area contributed by atoms with Crippen molar-refractivity contribution in [3.05, 3.63) is 36.3 Å². The van der Waals surface area contributed by atoms with Crippen LogP contribution in [0, 0.1) is 5.92 Å². The first-order valence-electron chi connectivity index (χ1n) is 8.88. The van der Waals surface area contributed by atoms with E-state index in [0.717, 1.165) is 0 Å². The van der Waals surface area contributed by atoms with Gasteiger partial charge >= 0.3 is 0 Å². The van der Waals surface area contributed by atoms with Crippen LogP contribution in [0.4, 0.5) is 0 Å². The first kappa shape index (κ1) is 18.5. The van der Waals surface area contributed by atoms with Crippen LogP contribution < -0.4 is 5.32 Å². The molecule has 0 radical (unpaired) electrons. The second kappa shape index (κ2) is 7.28. The number of carbonyl (C=O) groups is 1. The van der Waals surface area contributed by atoms with Gasteiger partial charge in [-0.15, -0.1) is 5.10 Å². The minimum atomic E-state index is -3.51. The molecular weight excluding hydrogens is 384 g/mol. The predicted octanol–water partition coefficient (Wildman–Crippen LogP) is -0.311. The lowest BCUT2D eigenvalue weighted by atomic mass is 9.98. The summed E-state index contributed by atoms with van der Waals surface area (Å²) in [7, 11) is -1.83. The molecule has 0 aliphatic carbocycles. The van der Waals surface area contributed by atoms with Gasteiger partial charge in [-0.05, 0) is 41.3 Å². The van der Waals surface area contributed by atoms with E-state index in [2.05, 4.69) is 25.9 Å². The van der Waals surface area contributed by atoms with Crippen molar-refractivity contribution < 1.29 is 13.2 Å². The molecule has 1 fully saturated rings. The number of sulfonamides is 1. The first-order chi connectivity index (χ1) is 13.4. The first-order valence-corrected chi connectivity index (χ1v) is 10.3. The van der Waals surface area contributed by atoms with Crippen LogP contribution in [0.3, 0.4) is 0 Å². The number of carbonyl (C=O) groups excluding carboxylic acids is 1. The Labute approximate surface area is 161 Å². The van der Waals surface area contributed by atoms with E-state index in [9.17, 15) is 13.2 Å². The van der Waals surface area contributed by atoms with Gasteiger partial charge in [-0.25, -0.2) is 8.42 Å². The Balaban J connectivity index is 1.31. The molecule has 1 N–H and O–H groups in total. The van der Waals surface area contributed by atoms with E-state index in [-0.39, 0.29) is 16.7 Å². The van der Waals surface area contributed by atoms with E-state index in [4.69, 9.17) is 0 Å². The number of aryl methyl sites for hydroxylation is 1. The minimum absolute atomic E-state index is 0.206. The van der Waals surface area contributed by atoms with Gasteiger partial charge in [-0.2, -0.15) is 13.9 Å². The Kier molecular flexibility index (Phi) is 4.81. The molecule has 4 heterocycles. The molecule has 0 atom stereocenters. The number of fused-ring (bicyclic) bond motifs is 1. The molecule has 3 aromatic heterocycles. The smallest absolute Gasteiger partial charge is 0.252 e. The lowest BCUT2D eigenvalue weighted by molar-refractivity contribution is 0.0941. The van der Waals surface area contributed by atoms with Gasteiger partial charge in [0.1, 0.15) is 4.90 Å². The van der Waals surface area contributed by atoms with E-state index in [1.54, 1.807) is 25.4 Å². The Morgan fingerprint density at radius 1 is 1.25 bits per heavy atom. The molecule has 0 aromatic carbocycles. The molecule has 3 aromatic rings. The van der Waals surface area contributed by atoms with E-state index < -0.39 is 10.0 Å². The molecule has 1 saturated heterocycles. The average molecular weight is 404 g/mol. The quantitative estimate of drug-likeness (QED) is 0.618. The summed E-state index contributed by atoms with van der Waals surface area (Å²) in [6, 6.07) is 3.35. The summed E-state index contributed by atoms with van der Waals surface area (Å²) in [5.74, 6) is 0.0175. The molecule has 148 valence electrons. The number of hydrogen-bond donors (Lipinski definition) is 1. The molecule has 0 saturated carbocycles. The highest BCUT2D eigenvalue weighted by atomic mass is 32.2. The molecule has 4 rings (SSSR count). The Morgan fingerprint density at radius 2 is 2.04 bits per heavy atom. The molecule has 12 heteroatoms. The molecular formula is C16H20N8O3S. The third-order valence-corrected chi connectivity index (χ3v) is 6.75. The van der Waals surface area contributed by atoms with Crippen molar-refractivity contribution in [2.75, 3.05) is 19.6 Å². The largest absolute Gasteiger partial charge is 0.352 e. The molecule has 1 aliphatic heterocycles. The molecule has 0 unspecified atom stereocenters. The third kappa shape index (κ3) is 3.60. The number of rotatable bonds is 5. The summed E-state index contributed by atoms with van der Waals surface area (Å²) < 4.78 is 29.7. The van der Waals surface area contributed by atoms with Gasteiger partial charge in [0.2, 0.25) is 10.0 Å². The standard InChI is InChI=1S/C16H20N8O3S/c1-22-11-14(9-18-22)28(26,27)23-6-4-12(5-7-23)8-17-16(25)13-2-3-15-19-20-21-24(15)10-13/h2-3,9-12H,4-8H2,1H3,(H,17,25). The number of nitrogens with zero attached hydrogens (tertiary/aromatic N) is 7. The van der Waals surface area contributed by atoms with Crippen LogP contribution in [-0.2, 0) is 17.1 Å². The molecule has 0 bridgehead atoms. The summed E-state index contributed by atoms with van der Waals surface area (Å²) in [6.45, 7) is 1.34. The zero-order chi connectivity index (χ0) is 19.7. The highest BCUT2D eigenvalue weighted by Gasteiger charge is 2.30. The lowest BCUT2D eigenvalue weighted by Gasteiger charge is -2.30. The van der Waals surface area contributed by atoms with Crippen molar-refractivity contribution in [2.24, 2.45) is 13.0 Å². The summed E-state index contributed by atoms with van der Waals surface area (Å²) >= 11 is 0. The van der Waals surface area contributed by atoms with Crippen molar-refractivity contribution >= 4 is 21.6 Å². The second-order valence-corrected chi connectivity index (χ2v) is 8.74. The molecule has 0 spiro atoms. The fourth-order valence-electron chi connectivity index (χ4n) is 3.25. The van der Waals surface area contributed by atoms with Crippen LogP contribution in [-0.4, -0.2) is 68.1 Å². The number of pyridine rings is 1. The van der Waals surface area contributed by atoms with Gasteiger partial charge in [0, 0.05) is 39.1 Å². The summed E-state index contributed by atoms with van der Waals surface area (Å²) in [5, 5.41) is 18.0. The molecule has 1 amide bonds. The monoisotopic (exact) mass is 404 g/mol. The van der Waals surface area contributed by atoms with Crippen LogP contribution in [0.15, 0.2) is 35.6 Å². The predicted molar refractivity (Wildman–Crippen MR) is 97.8 cm³/mol. The summed E-state index contributed by atoms with van der Waals surface area (Å²) in [6.07, 6.45) is 5.82. The van der Waals surface area contributed by atoms with Gasteiger partial charge in [-0.3, -0.25) is 9.48 Å². The van der Waals surface area contributed by atoms with Crippen molar-refractivity contribution in [3.8, 4) is 0 Å².